The molecule has 2 N–H and O–H groups in total. The number of anilines is 1. The number of benzene rings is 3. The zero-order valence-corrected chi connectivity index (χ0v) is 22.7. The maximum Gasteiger partial charge on any atom is 0.416 e. The normalized spacial score (nSPS) is 15.4. The Morgan fingerprint density at radius 3 is 2.33 bits per heavy atom. The molecule has 0 saturated carbocycles. The van der Waals surface area contributed by atoms with E-state index >= 15 is 0 Å². The van der Waals surface area contributed by atoms with Gasteiger partial charge >= 0.3 is 6.18 Å². The summed E-state index contributed by atoms with van der Waals surface area (Å²) in [7, 11) is -3.57. The molecule has 0 unspecified atom stereocenters. The number of rotatable bonds is 7. The third kappa shape index (κ3) is 5.77. The van der Waals surface area contributed by atoms with E-state index in [1.165, 1.54) is 4.31 Å². The number of hydrogen-bond donors (Lipinski definition) is 1. The third-order valence-corrected chi connectivity index (χ3v) is 8.94. The van der Waals surface area contributed by atoms with Crippen LogP contribution in [0.2, 0.25) is 0 Å². The SMILES string of the molecule is Cc1nc2ccccc2c(N)c1-c1cc(OCCN2CCN(S(=O)(=O)c3ccccc3)CC2)cc(C(F)(F)F)c1. The summed E-state index contributed by atoms with van der Waals surface area (Å²) in [5.74, 6) is 0.0714. The second-order valence-corrected chi connectivity index (χ2v) is 11.6. The van der Waals surface area contributed by atoms with E-state index in [4.69, 9.17) is 10.5 Å². The molecule has 0 radical (unpaired) electrons. The Kier molecular flexibility index (Phi) is 7.72. The lowest BCUT2D eigenvalue weighted by Gasteiger charge is -2.33. The van der Waals surface area contributed by atoms with Crippen molar-refractivity contribution in [3.05, 3.63) is 84.1 Å². The number of alkyl halides is 3. The Labute approximate surface area is 231 Å². The van der Waals surface area contributed by atoms with Crippen LogP contribution in [0.4, 0.5) is 18.9 Å². The Morgan fingerprint density at radius 2 is 1.62 bits per heavy atom. The van der Waals surface area contributed by atoms with E-state index in [2.05, 4.69) is 4.98 Å². The minimum atomic E-state index is -4.58. The zero-order chi connectivity index (χ0) is 28.5. The predicted molar refractivity (Wildman–Crippen MR) is 148 cm³/mol. The highest BCUT2D eigenvalue weighted by Gasteiger charge is 2.32. The molecule has 210 valence electrons. The number of piperazine rings is 1. The number of nitrogen functional groups attached to an aromatic ring is 1. The summed E-state index contributed by atoms with van der Waals surface area (Å²) in [6, 6.07) is 19.1. The van der Waals surface area contributed by atoms with Gasteiger partial charge in [-0.1, -0.05) is 36.4 Å². The lowest BCUT2D eigenvalue weighted by atomic mass is 9.97. The first-order valence-corrected chi connectivity index (χ1v) is 14.3. The number of nitrogens with two attached hydrogens (primary N) is 1. The van der Waals surface area contributed by atoms with Crippen molar-refractivity contribution in [2.24, 2.45) is 0 Å². The molecule has 4 aromatic rings. The molecule has 0 atom stereocenters. The van der Waals surface area contributed by atoms with Crippen LogP contribution >= 0.6 is 0 Å². The summed E-state index contributed by atoms with van der Waals surface area (Å²) in [4.78, 5) is 6.83. The molecule has 5 rings (SSSR count). The zero-order valence-electron chi connectivity index (χ0n) is 21.9. The van der Waals surface area contributed by atoms with E-state index < -0.39 is 21.8 Å². The molecule has 0 bridgehead atoms. The Bertz CT molecular complexity index is 1620. The van der Waals surface area contributed by atoms with Gasteiger partial charge in [0.15, 0.2) is 0 Å². The van der Waals surface area contributed by atoms with Gasteiger partial charge in [0.1, 0.15) is 12.4 Å². The minimum absolute atomic E-state index is 0.0714. The van der Waals surface area contributed by atoms with Crippen LogP contribution < -0.4 is 10.5 Å². The number of nitrogens with zero attached hydrogens (tertiary/aromatic N) is 3. The maximum atomic E-state index is 13.8. The molecule has 1 aromatic heterocycles. The predicted octanol–water partition coefficient (Wildman–Crippen LogP) is 5.20. The number of ether oxygens (including phenoxy) is 1. The van der Waals surface area contributed by atoms with Gasteiger partial charge in [0, 0.05) is 49.4 Å². The summed E-state index contributed by atoms with van der Waals surface area (Å²) in [5.41, 5.74) is 7.84. The Balaban J connectivity index is 1.30. The molecule has 3 aromatic carbocycles. The van der Waals surface area contributed by atoms with Gasteiger partial charge in [0.05, 0.1) is 21.7 Å². The largest absolute Gasteiger partial charge is 0.492 e. The van der Waals surface area contributed by atoms with Gasteiger partial charge in [0.25, 0.3) is 0 Å². The highest BCUT2D eigenvalue weighted by atomic mass is 32.2. The fraction of sp³-hybridized carbons (Fsp3) is 0.276. The van der Waals surface area contributed by atoms with Crippen molar-refractivity contribution in [1.82, 2.24) is 14.2 Å². The quantitative estimate of drug-likeness (QED) is 0.329. The van der Waals surface area contributed by atoms with Gasteiger partial charge in [-0.05, 0) is 48.9 Å². The van der Waals surface area contributed by atoms with E-state index in [0.717, 1.165) is 12.1 Å². The van der Waals surface area contributed by atoms with Crippen molar-refractivity contribution in [1.29, 1.82) is 0 Å². The Hall–Kier alpha value is -3.67. The first-order chi connectivity index (χ1) is 19.0. The van der Waals surface area contributed by atoms with Gasteiger partial charge in [-0.25, -0.2) is 8.42 Å². The molecule has 0 aliphatic carbocycles. The Morgan fingerprint density at radius 1 is 0.950 bits per heavy atom. The highest BCUT2D eigenvalue weighted by molar-refractivity contribution is 7.89. The van der Waals surface area contributed by atoms with Gasteiger partial charge in [-0.3, -0.25) is 9.88 Å². The van der Waals surface area contributed by atoms with Crippen molar-refractivity contribution in [3.8, 4) is 16.9 Å². The van der Waals surface area contributed by atoms with E-state index in [1.807, 2.05) is 11.0 Å². The van der Waals surface area contributed by atoms with E-state index in [9.17, 15) is 21.6 Å². The highest BCUT2D eigenvalue weighted by Crippen LogP contribution is 2.40. The molecule has 40 heavy (non-hydrogen) atoms. The number of hydrogen-bond acceptors (Lipinski definition) is 6. The van der Waals surface area contributed by atoms with Crippen LogP contribution in [0.5, 0.6) is 5.75 Å². The molecule has 1 aliphatic heterocycles. The van der Waals surface area contributed by atoms with Gasteiger partial charge in [-0.15, -0.1) is 0 Å². The third-order valence-electron chi connectivity index (χ3n) is 7.02. The molecule has 0 amide bonds. The smallest absolute Gasteiger partial charge is 0.416 e. The van der Waals surface area contributed by atoms with Crippen LogP contribution in [0, 0.1) is 6.92 Å². The summed E-state index contributed by atoms with van der Waals surface area (Å²) in [5, 5.41) is 0.663. The number of sulfonamides is 1. The number of aromatic nitrogens is 1. The van der Waals surface area contributed by atoms with Crippen LogP contribution in [0.1, 0.15) is 11.3 Å². The molecule has 1 fully saturated rings. The molecular formula is C29H29F3N4O3S. The van der Waals surface area contributed by atoms with E-state index in [1.54, 1.807) is 61.5 Å². The monoisotopic (exact) mass is 570 g/mol. The van der Waals surface area contributed by atoms with Crippen molar-refractivity contribution in [2.45, 2.75) is 18.0 Å². The van der Waals surface area contributed by atoms with Crippen molar-refractivity contribution in [2.75, 3.05) is 45.1 Å². The maximum absolute atomic E-state index is 13.8. The van der Waals surface area contributed by atoms with Crippen molar-refractivity contribution in [3.63, 3.8) is 0 Å². The lowest BCUT2D eigenvalue weighted by Crippen LogP contribution is -2.49. The average Bonchev–Trinajstić information content (AvgIpc) is 2.93. The second-order valence-electron chi connectivity index (χ2n) is 9.65. The average molecular weight is 571 g/mol. The summed E-state index contributed by atoms with van der Waals surface area (Å²) < 4.78 is 74.4. The fourth-order valence-electron chi connectivity index (χ4n) is 4.95. The van der Waals surface area contributed by atoms with E-state index in [-0.39, 0.29) is 22.8 Å². The lowest BCUT2D eigenvalue weighted by molar-refractivity contribution is -0.137. The molecule has 1 aliphatic rings. The van der Waals surface area contributed by atoms with E-state index in [0.29, 0.717) is 60.6 Å². The number of aryl methyl sites for hydroxylation is 1. The first kappa shape index (κ1) is 27.9. The number of pyridine rings is 1. The molecule has 7 nitrogen and oxygen atoms in total. The molecule has 1 saturated heterocycles. The molecular weight excluding hydrogens is 541 g/mol. The minimum Gasteiger partial charge on any atom is -0.492 e. The standard InChI is InChI=1S/C29H29F3N4O3S/c1-20-27(28(33)25-9-5-6-10-26(25)34-20)21-17-22(29(30,31)32)19-23(18-21)39-16-15-35-11-13-36(14-12-35)40(37,38)24-7-3-2-4-8-24/h2-10,17-19H,11-16H2,1H3,(H2,33,34). The van der Waals surface area contributed by atoms with Gasteiger partial charge < -0.3 is 10.5 Å². The molecule has 11 heteroatoms. The van der Waals surface area contributed by atoms with Crippen molar-refractivity contribution >= 4 is 26.6 Å². The topological polar surface area (TPSA) is 88.8 Å². The molecule has 2 heterocycles. The summed E-state index contributed by atoms with van der Waals surface area (Å²) in [6.07, 6.45) is -4.58. The number of para-hydroxylation sites is 1. The van der Waals surface area contributed by atoms with Crippen LogP contribution in [-0.4, -0.2) is 61.9 Å². The van der Waals surface area contributed by atoms with Gasteiger partial charge in [-0.2, -0.15) is 17.5 Å². The molecule has 0 spiro atoms. The van der Waals surface area contributed by atoms with Crippen molar-refractivity contribution < 1.29 is 26.3 Å². The second kappa shape index (κ2) is 11.1. The van der Waals surface area contributed by atoms with Crippen LogP contribution in [-0.2, 0) is 16.2 Å². The van der Waals surface area contributed by atoms with Crippen LogP contribution in [0.3, 0.4) is 0 Å². The fourth-order valence-corrected chi connectivity index (χ4v) is 6.39. The first-order valence-electron chi connectivity index (χ1n) is 12.8. The van der Waals surface area contributed by atoms with Gasteiger partial charge in [0.2, 0.25) is 10.0 Å². The van der Waals surface area contributed by atoms with Crippen LogP contribution in [0.25, 0.3) is 22.0 Å². The number of halogens is 3. The number of fused-ring (bicyclic) bond motifs is 1. The summed E-state index contributed by atoms with van der Waals surface area (Å²) in [6.45, 7) is 3.90. The van der Waals surface area contributed by atoms with Crippen LogP contribution in [0.15, 0.2) is 77.7 Å². The summed E-state index contributed by atoms with van der Waals surface area (Å²) >= 11 is 0.